The summed E-state index contributed by atoms with van der Waals surface area (Å²) in [6.45, 7) is 3.93. The van der Waals surface area contributed by atoms with E-state index in [0.717, 1.165) is 18.9 Å². The van der Waals surface area contributed by atoms with Gasteiger partial charge in [-0.1, -0.05) is 30.3 Å². The third-order valence-electron chi connectivity index (χ3n) is 4.25. The lowest BCUT2D eigenvalue weighted by molar-refractivity contribution is 0.320. The second-order valence-corrected chi connectivity index (χ2v) is 5.52. The molecule has 1 atom stereocenters. The molecule has 0 fully saturated rings. The lowest BCUT2D eigenvalue weighted by Gasteiger charge is -2.11. The smallest absolute Gasteiger partial charge is 0.122 e. The minimum atomic E-state index is 0.447. The van der Waals surface area contributed by atoms with Gasteiger partial charge in [-0.25, -0.2) is 0 Å². The number of hydrogen-bond acceptors (Lipinski definition) is 1. The molecule has 1 unspecified atom stereocenters. The van der Waals surface area contributed by atoms with Gasteiger partial charge < -0.3 is 9.30 Å². The SMILES string of the molecule is Cc1cccc2c1ccn2CC1COc2ccccc21. The fourth-order valence-corrected chi connectivity index (χ4v) is 3.15. The van der Waals surface area contributed by atoms with Gasteiger partial charge >= 0.3 is 0 Å². The molecule has 2 nitrogen and oxygen atoms in total. The zero-order valence-electron chi connectivity index (χ0n) is 11.5. The van der Waals surface area contributed by atoms with Gasteiger partial charge in [0.2, 0.25) is 0 Å². The molecule has 0 amide bonds. The second-order valence-electron chi connectivity index (χ2n) is 5.52. The van der Waals surface area contributed by atoms with E-state index < -0.39 is 0 Å². The van der Waals surface area contributed by atoms with E-state index in [4.69, 9.17) is 4.74 Å². The fraction of sp³-hybridized carbons (Fsp3) is 0.222. The number of para-hydroxylation sites is 1. The monoisotopic (exact) mass is 263 g/mol. The molecule has 100 valence electrons. The molecule has 0 radical (unpaired) electrons. The normalized spacial score (nSPS) is 17.1. The summed E-state index contributed by atoms with van der Waals surface area (Å²) < 4.78 is 8.13. The number of aryl methyl sites for hydroxylation is 1. The van der Waals surface area contributed by atoms with E-state index in [1.54, 1.807) is 0 Å². The number of fused-ring (bicyclic) bond motifs is 2. The van der Waals surface area contributed by atoms with Crippen LogP contribution < -0.4 is 4.74 Å². The Balaban J connectivity index is 1.71. The van der Waals surface area contributed by atoms with Crippen molar-refractivity contribution < 1.29 is 4.74 Å². The highest BCUT2D eigenvalue weighted by atomic mass is 16.5. The molecule has 4 rings (SSSR count). The van der Waals surface area contributed by atoms with Gasteiger partial charge in [-0.15, -0.1) is 0 Å². The van der Waals surface area contributed by atoms with Crippen LogP contribution in [0.4, 0.5) is 0 Å². The molecule has 3 aromatic rings. The number of nitrogens with zero attached hydrogens (tertiary/aromatic N) is 1. The van der Waals surface area contributed by atoms with Gasteiger partial charge in [0.05, 0.1) is 6.61 Å². The highest BCUT2D eigenvalue weighted by Gasteiger charge is 2.24. The summed E-state index contributed by atoms with van der Waals surface area (Å²) >= 11 is 0. The molecule has 2 heterocycles. The first-order valence-corrected chi connectivity index (χ1v) is 7.09. The maximum Gasteiger partial charge on any atom is 0.122 e. The summed E-state index contributed by atoms with van der Waals surface area (Å²) in [7, 11) is 0. The Morgan fingerprint density at radius 1 is 1.10 bits per heavy atom. The van der Waals surface area contributed by atoms with Crippen molar-refractivity contribution in [3.05, 3.63) is 65.9 Å². The van der Waals surface area contributed by atoms with Gasteiger partial charge in [0, 0.05) is 35.1 Å². The van der Waals surface area contributed by atoms with Crippen LogP contribution in [0.5, 0.6) is 5.75 Å². The van der Waals surface area contributed by atoms with Gasteiger partial charge in [-0.05, 0) is 30.7 Å². The van der Waals surface area contributed by atoms with Crippen LogP contribution in [0.1, 0.15) is 17.0 Å². The summed E-state index contributed by atoms with van der Waals surface area (Å²) in [6.07, 6.45) is 2.19. The Kier molecular flexibility index (Phi) is 2.56. The van der Waals surface area contributed by atoms with Gasteiger partial charge in [0.15, 0.2) is 0 Å². The van der Waals surface area contributed by atoms with Crippen LogP contribution >= 0.6 is 0 Å². The van der Waals surface area contributed by atoms with Crippen LogP contribution in [-0.4, -0.2) is 11.2 Å². The molecule has 2 heteroatoms. The molecule has 0 aliphatic carbocycles. The molecule has 1 aliphatic heterocycles. The molecule has 0 saturated carbocycles. The average Bonchev–Trinajstić information content (AvgIpc) is 3.06. The Bertz CT molecular complexity index is 772. The highest BCUT2D eigenvalue weighted by molar-refractivity contribution is 5.83. The molecular weight excluding hydrogens is 246 g/mol. The van der Waals surface area contributed by atoms with Crippen LogP contribution in [0.3, 0.4) is 0 Å². The third kappa shape index (κ3) is 1.72. The van der Waals surface area contributed by atoms with E-state index >= 15 is 0 Å². The fourth-order valence-electron chi connectivity index (χ4n) is 3.15. The quantitative estimate of drug-likeness (QED) is 0.678. The Morgan fingerprint density at radius 3 is 2.95 bits per heavy atom. The Hall–Kier alpha value is -2.22. The highest BCUT2D eigenvalue weighted by Crippen LogP contribution is 2.35. The zero-order chi connectivity index (χ0) is 13.5. The van der Waals surface area contributed by atoms with Crippen molar-refractivity contribution in [1.29, 1.82) is 0 Å². The molecule has 0 N–H and O–H groups in total. The van der Waals surface area contributed by atoms with Crippen molar-refractivity contribution in [2.45, 2.75) is 19.4 Å². The first-order valence-electron chi connectivity index (χ1n) is 7.09. The lowest BCUT2D eigenvalue weighted by atomic mass is 10.0. The van der Waals surface area contributed by atoms with Crippen LogP contribution in [-0.2, 0) is 6.54 Å². The van der Waals surface area contributed by atoms with Gasteiger partial charge in [-0.3, -0.25) is 0 Å². The number of hydrogen-bond donors (Lipinski definition) is 0. The van der Waals surface area contributed by atoms with E-state index in [1.165, 1.54) is 22.0 Å². The van der Waals surface area contributed by atoms with Gasteiger partial charge in [-0.2, -0.15) is 0 Å². The average molecular weight is 263 g/mol. The van der Waals surface area contributed by atoms with Crippen LogP contribution in [0, 0.1) is 6.92 Å². The van der Waals surface area contributed by atoms with E-state index in [9.17, 15) is 0 Å². The summed E-state index contributed by atoms with van der Waals surface area (Å²) in [5.74, 6) is 1.49. The summed E-state index contributed by atoms with van der Waals surface area (Å²) in [5, 5.41) is 1.35. The van der Waals surface area contributed by atoms with Crippen molar-refractivity contribution in [3.63, 3.8) is 0 Å². The summed E-state index contributed by atoms with van der Waals surface area (Å²) in [4.78, 5) is 0. The second kappa shape index (κ2) is 4.41. The largest absolute Gasteiger partial charge is 0.493 e. The number of aromatic nitrogens is 1. The Morgan fingerprint density at radius 2 is 2.00 bits per heavy atom. The lowest BCUT2D eigenvalue weighted by Crippen LogP contribution is -2.09. The number of rotatable bonds is 2. The van der Waals surface area contributed by atoms with Crippen molar-refractivity contribution in [3.8, 4) is 5.75 Å². The van der Waals surface area contributed by atoms with Crippen LogP contribution in [0.2, 0.25) is 0 Å². The zero-order valence-corrected chi connectivity index (χ0v) is 11.5. The van der Waals surface area contributed by atoms with E-state index in [-0.39, 0.29) is 0 Å². The predicted octanol–water partition coefficient (Wildman–Crippen LogP) is 4.13. The molecule has 1 aromatic heterocycles. The maximum absolute atomic E-state index is 5.78. The molecule has 0 bridgehead atoms. The summed E-state index contributed by atoms with van der Waals surface area (Å²) in [6, 6.07) is 17.1. The topological polar surface area (TPSA) is 14.2 Å². The molecular formula is C18H17NO. The van der Waals surface area contributed by atoms with Crippen molar-refractivity contribution >= 4 is 10.9 Å². The van der Waals surface area contributed by atoms with Crippen molar-refractivity contribution in [1.82, 2.24) is 4.57 Å². The molecule has 0 spiro atoms. The summed E-state index contributed by atoms with van der Waals surface area (Å²) in [5.41, 5.74) is 3.99. The first kappa shape index (κ1) is 11.6. The van der Waals surface area contributed by atoms with Crippen LogP contribution in [0.15, 0.2) is 54.7 Å². The van der Waals surface area contributed by atoms with Crippen molar-refractivity contribution in [2.75, 3.05) is 6.61 Å². The minimum Gasteiger partial charge on any atom is -0.493 e. The first-order chi connectivity index (χ1) is 9.83. The number of benzene rings is 2. The predicted molar refractivity (Wildman–Crippen MR) is 81.4 cm³/mol. The van der Waals surface area contributed by atoms with Gasteiger partial charge in [0.1, 0.15) is 5.75 Å². The standard InChI is InChI=1S/C18H17NO/c1-13-5-4-7-17-15(13)9-10-19(17)11-14-12-20-18-8-3-2-6-16(14)18/h2-10,14H,11-12H2,1H3. The van der Waals surface area contributed by atoms with Gasteiger partial charge in [0.25, 0.3) is 0 Å². The molecule has 2 aromatic carbocycles. The number of ether oxygens (including phenoxy) is 1. The maximum atomic E-state index is 5.78. The molecule has 20 heavy (non-hydrogen) atoms. The van der Waals surface area contributed by atoms with E-state index in [2.05, 4.69) is 60.2 Å². The van der Waals surface area contributed by atoms with Crippen molar-refractivity contribution in [2.24, 2.45) is 0 Å². The minimum absolute atomic E-state index is 0.447. The Labute approximate surface area is 118 Å². The van der Waals surface area contributed by atoms with Crippen LogP contribution in [0.25, 0.3) is 10.9 Å². The van der Waals surface area contributed by atoms with E-state index in [0.29, 0.717) is 5.92 Å². The van der Waals surface area contributed by atoms with E-state index in [1.807, 2.05) is 6.07 Å². The third-order valence-corrected chi connectivity index (χ3v) is 4.25. The molecule has 1 aliphatic rings. The molecule has 0 saturated heterocycles.